The van der Waals surface area contributed by atoms with Crippen LogP contribution in [0.25, 0.3) is 0 Å². The van der Waals surface area contributed by atoms with Gasteiger partial charge in [0.05, 0.1) is 0 Å². The zero-order valence-corrected chi connectivity index (χ0v) is 11.0. The third-order valence-electron chi connectivity index (χ3n) is 2.80. The van der Waals surface area contributed by atoms with Gasteiger partial charge < -0.3 is 20.2 Å². The van der Waals surface area contributed by atoms with E-state index >= 15 is 0 Å². The molecule has 2 aromatic rings. The highest BCUT2D eigenvalue weighted by Gasteiger charge is 2.12. The van der Waals surface area contributed by atoms with Crippen LogP contribution in [0.1, 0.15) is 5.82 Å². The fourth-order valence-corrected chi connectivity index (χ4v) is 1.97. The lowest BCUT2D eigenvalue weighted by atomic mass is 10.2. The Morgan fingerprint density at radius 1 is 1.05 bits per heavy atom. The molecule has 0 bridgehead atoms. The molecular formula is C13H15N5O2. The Kier molecular flexibility index (Phi) is 3.26. The molecule has 1 aromatic heterocycles. The van der Waals surface area contributed by atoms with E-state index in [1.54, 1.807) is 13.0 Å². The zero-order chi connectivity index (χ0) is 13.9. The summed E-state index contributed by atoms with van der Waals surface area (Å²) in [6.07, 6.45) is 0. The van der Waals surface area contributed by atoms with E-state index < -0.39 is 0 Å². The van der Waals surface area contributed by atoms with Crippen molar-refractivity contribution >= 4 is 17.3 Å². The quantitative estimate of drug-likeness (QED) is 0.577. The van der Waals surface area contributed by atoms with Crippen molar-refractivity contribution in [3.63, 3.8) is 0 Å². The number of aromatic nitrogens is 2. The number of benzene rings is 1. The van der Waals surface area contributed by atoms with Gasteiger partial charge in [-0.25, -0.2) is 15.8 Å². The summed E-state index contributed by atoms with van der Waals surface area (Å²) in [7, 11) is 0. The summed E-state index contributed by atoms with van der Waals surface area (Å²) in [5.74, 6) is 8.68. The van der Waals surface area contributed by atoms with Crippen molar-refractivity contribution in [3.05, 3.63) is 30.1 Å². The number of rotatable bonds is 3. The number of hydrogen-bond donors (Lipinski definition) is 3. The summed E-state index contributed by atoms with van der Waals surface area (Å²) in [6, 6.07) is 7.37. The van der Waals surface area contributed by atoms with Crippen molar-refractivity contribution in [2.24, 2.45) is 5.84 Å². The summed E-state index contributed by atoms with van der Waals surface area (Å²) in [4.78, 5) is 8.43. The second-order valence-corrected chi connectivity index (χ2v) is 4.31. The van der Waals surface area contributed by atoms with Crippen LogP contribution in [0.5, 0.6) is 11.5 Å². The van der Waals surface area contributed by atoms with Crippen LogP contribution in [0.4, 0.5) is 17.3 Å². The van der Waals surface area contributed by atoms with Gasteiger partial charge in [-0.1, -0.05) is 0 Å². The smallest absolute Gasteiger partial charge is 0.163 e. The maximum Gasteiger partial charge on any atom is 0.163 e. The molecule has 0 saturated carbocycles. The van der Waals surface area contributed by atoms with Crippen molar-refractivity contribution in [2.75, 3.05) is 24.0 Å². The number of hydrazine groups is 1. The van der Waals surface area contributed by atoms with Gasteiger partial charge in [-0.15, -0.1) is 0 Å². The topological polar surface area (TPSA) is 94.3 Å². The zero-order valence-electron chi connectivity index (χ0n) is 11.0. The predicted octanol–water partition coefficient (Wildman–Crippen LogP) is 1.59. The number of ether oxygens (including phenoxy) is 2. The van der Waals surface area contributed by atoms with E-state index in [0.717, 1.165) is 17.2 Å². The van der Waals surface area contributed by atoms with Crippen LogP contribution in [0, 0.1) is 6.92 Å². The van der Waals surface area contributed by atoms with Crippen LogP contribution >= 0.6 is 0 Å². The minimum absolute atomic E-state index is 0.553. The van der Waals surface area contributed by atoms with Crippen molar-refractivity contribution < 1.29 is 9.47 Å². The normalized spacial score (nSPS) is 12.9. The molecule has 0 unspecified atom stereocenters. The molecule has 0 aliphatic carbocycles. The summed E-state index contributed by atoms with van der Waals surface area (Å²) in [5, 5.41) is 3.19. The molecule has 1 aromatic carbocycles. The third kappa shape index (κ3) is 2.57. The molecule has 7 heteroatoms. The minimum Gasteiger partial charge on any atom is -0.486 e. The molecule has 0 fully saturated rings. The summed E-state index contributed by atoms with van der Waals surface area (Å²) in [5.41, 5.74) is 3.36. The van der Waals surface area contributed by atoms with E-state index in [9.17, 15) is 0 Å². The lowest BCUT2D eigenvalue weighted by Crippen LogP contribution is -2.15. The number of nitrogens with zero attached hydrogens (tertiary/aromatic N) is 2. The van der Waals surface area contributed by atoms with Crippen molar-refractivity contribution in [1.82, 2.24) is 9.97 Å². The summed E-state index contributed by atoms with van der Waals surface area (Å²) in [6.45, 7) is 2.94. The lowest BCUT2D eigenvalue weighted by molar-refractivity contribution is 0.171. The van der Waals surface area contributed by atoms with Gasteiger partial charge in [0, 0.05) is 17.8 Å². The second kappa shape index (κ2) is 5.22. The Labute approximate surface area is 116 Å². The molecule has 1 aliphatic heterocycles. The monoisotopic (exact) mass is 273 g/mol. The maximum atomic E-state index is 5.54. The van der Waals surface area contributed by atoms with Gasteiger partial charge in [-0.05, 0) is 19.1 Å². The van der Waals surface area contributed by atoms with E-state index in [4.69, 9.17) is 15.3 Å². The summed E-state index contributed by atoms with van der Waals surface area (Å²) < 4.78 is 11.0. The first-order valence-electron chi connectivity index (χ1n) is 6.23. The molecule has 3 rings (SSSR count). The average Bonchev–Trinajstić information content (AvgIpc) is 2.46. The molecule has 0 atom stereocenters. The summed E-state index contributed by atoms with van der Waals surface area (Å²) >= 11 is 0. The number of fused-ring (bicyclic) bond motifs is 1. The highest BCUT2D eigenvalue weighted by atomic mass is 16.6. The Bertz CT molecular complexity index is 632. The second-order valence-electron chi connectivity index (χ2n) is 4.31. The fraction of sp³-hybridized carbons (Fsp3) is 0.231. The van der Waals surface area contributed by atoms with Crippen LogP contribution in [0.15, 0.2) is 24.3 Å². The van der Waals surface area contributed by atoms with Crippen molar-refractivity contribution in [1.29, 1.82) is 0 Å². The number of nitrogen functional groups attached to an aromatic ring is 1. The van der Waals surface area contributed by atoms with Gasteiger partial charge in [0.1, 0.15) is 30.7 Å². The number of nitrogens with two attached hydrogens (primary N) is 1. The first-order valence-corrected chi connectivity index (χ1v) is 6.23. The minimum atomic E-state index is 0.553. The number of nitrogens with one attached hydrogen (secondary N) is 2. The Hall–Kier alpha value is -2.54. The highest BCUT2D eigenvalue weighted by molar-refractivity contribution is 5.63. The third-order valence-corrected chi connectivity index (χ3v) is 2.80. The van der Waals surface area contributed by atoms with E-state index in [1.807, 2.05) is 18.2 Å². The molecule has 7 nitrogen and oxygen atoms in total. The van der Waals surface area contributed by atoms with Crippen LogP contribution in [0.2, 0.25) is 0 Å². The molecule has 1 aliphatic rings. The van der Waals surface area contributed by atoms with Gasteiger partial charge in [0.2, 0.25) is 0 Å². The van der Waals surface area contributed by atoms with E-state index in [0.29, 0.717) is 30.7 Å². The number of anilines is 3. The maximum absolute atomic E-state index is 5.54. The lowest BCUT2D eigenvalue weighted by Gasteiger charge is -2.19. The Morgan fingerprint density at radius 2 is 1.80 bits per heavy atom. The van der Waals surface area contributed by atoms with E-state index in [1.165, 1.54) is 0 Å². The van der Waals surface area contributed by atoms with Gasteiger partial charge in [0.25, 0.3) is 0 Å². The highest BCUT2D eigenvalue weighted by Crippen LogP contribution is 2.33. The molecular weight excluding hydrogens is 258 g/mol. The van der Waals surface area contributed by atoms with Gasteiger partial charge in [0.15, 0.2) is 11.5 Å². The first kappa shape index (κ1) is 12.5. The molecule has 0 saturated heterocycles. The molecule has 4 N–H and O–H groups in total. The van der Waals surface area contributed by atoms with Crippen molar-refractivity contribution in [3.8, 4) is 11.5 Å². The van der Waals surface area contributed by atoms with Gasteiger partial charge in [-0.3, -0.25) is 0 Å². The van der Waals surface area contributed by atoms with Gasteiger partial charge in [-0.2, -0.15) is 0 Å². The SMILES string of the molecule is Cc1nc(NN)cc(Nc2ccc3c(c2)OCCO3)n1. The molecule has 0 spiro atoms. The Balaban J connectivity index is 1.85. The molecule has 20 heavy (non-hydrogen) atoms. The fourth-order valence-electron chi connectivity index (χ4n) is 1.97. The molecule has 2 heterocycles. The largest absolute Gasteiger partial charge is 0.486 e. The van der Waals surface area contributed by atoms with E-state index in [2.05, 4.69) is 20.7 Å². The average molecular weight is 273 g/mol. The first-order chi connectivity index (χ1) is 9.74. The van der Waals surface area contributed by atoms with E-state index in [-0.39, 0.29) is 0 Å². The van der Waals surface area contributed by atoms with Crippen LogP contribution < -0.4 is 26.1 Å². The number of aryl methyl sites for hydroxylation is 1. The predicted molar refractivity (Wildman–Crippen MR) is 75.3 cm³/mol. The van der Waals surface area contributed by atoms with Crippen LogP contribution in [0.3, 0.4) is 0 Å². The standard InChI is InChI=1S/C13H15N5O2/c1-8-15-12(7-13(16-8)18-14)17-9-2-3-10-11(6-9)20-5-4-19-10/h2-3,6-7H,4-5,14H2,1H3,(H2,15,16,17,18). The van der Waals surface area contributed by atoms with Gasteiger partial charge >= 0.3 is 0 Å². The van der Waals surface area contributed by atoms with Crippen molar-refractivity contribution in [2.45, 2.75) is 6.92 Å². The molecule has 0 radical (unpaired) electrons. The van der Waals surface area contributed by atoms with Crippen LogP contribution in [-0.2, 0) is 0 Å². The number of hydrogen-bond acceptors (Lipinski definition) is 7. The van der Waals surface area contributed by atoms with Crippen LogP contribution in [-0.4, -0.2) is 23.2 Å². The molecule has 104 valence electrons. The molecule has 0 amide bonds. The Morgan fingerprint density at radius 3 is 2.60 bits per heavy atom.